The van der Waals surface area contributed by atoms with E-state index in [1.165, 1.54) is 5.56 Å². The normalized spacial score (nSPS) is 10.9. The van der Waals surface area contributed by atoms with E-state index in [9.17, 15) is 0 Å². The van der Waals surface area contributed by atoms with Gasteiger partial charge in [-0.2, -0.15) is 5.10 Å². The lowest BCUT2D eigenvalue weighted by Gasteiger charge is -2.11. The predicted molar refractivity (Wildman–Crippen MR) is 111 cm³/mol. The number of benzene rings is 2. The Hall–Kier alpha value is -3.54. The van der Waals surface area contributed by atoms with Crippen LogP contribution in [0.5, 0.6) is 5.75 Å². The highest BCUT2D eigenvalue weighted by molar-refractivity contribution is 5.48. The molecule has 0 fully saturated rings. The van der Waals surface area contributed by atoms with Gasteiger partial charge in [0.2, 0.25) is 0 Å². The van der Waals surface area contributed by atoms with E-state index in [1.807, 2.05) is 38.1 Å². The van der Waals surface area contributed by atoms with Crippen LogP contribution in [0.25, 0.3) is 5.69 Å². The zero-order valence-corrected chi connectivity index (χ0v) is 16.8. The van der Waals surface area contributed by atoms with Crippen molar-refractivity contribution in [3.05, 3.63) is 95.1 Å². The summed E-state index contributed by atoms with van der Waals surface area (Å²) in [4.78, 5) is 13.6. The lowest BCUT2D eigenvalue weighted by Crippen LogP contribution is -2.04. The van der Waals surface area contributed by atoms with Gasteiger partial charge in [-0.1, -0.05) is 36.4 Å². The lowest BCUT2D eigenvalue weighted by molar-refractivity contribution is 0.411. The van der Waals surface area contributed by atoms with Crippen LogP contribution in [0.3, 0.4) is 0 Å². The second-order valence-corrected chi connectivity index (χ2v) is 7.00. The van der Waals surface area contributed by atoms with E-state index >= 15 is 0 Å². The topological polar surface area (TPSA) is 65.7 Å². The number of rotatable bonds is 6. The third-order valence-corrected chi connectivity index (χ3v) is 4.64. The van der Waals surface area contributed by atoms with E-state index in [0.717, 1.165) is 46.5 Å². The summed E-state index contributed by atoms with van der Waals surface area (Å²) in [5, 5.41) is 4.37. The Balaban J connectivity index is 1.59. The molecule has 0 amide bonds. The van der Waals surface area contributed by atoms with Crippen LogP contribution in [0.4, 0.5) is 0 Å². The monoisotopic (exact) mass is 385 g/mol. The van der Waals surface area contributed by atoms with Crippen molar-refractivity contribution in [3.8, 4) is 11.4 Å². The number of aromatic nitrogens is 5. The van der Waals surface area contributed by atoms with Crippen LogP contribution in [0.15, 0.2) is 60.9 Å². The summed E-state index contributed by atoms with van der Waals surface area (Å²) < 4.78 is 7.31. The molecular formula is C23H23N5O. The molecule has 0 aliphatic carbocycles. The van der Waals surface area contributed by atoms with Gasteiger partial charge >= 0.3 is 0 Å². The maximum atomic E-state index is 5.58. The van der Waals surface area contributed by atoms with Crippen molar-refractivity contribution >= 4 is 0 Å². The molecule has 0 N–H and O–H groups in total. The zero-order chi connectivity index (χ0) is 20.2. The van der Waals surface area contributed by atoms with Gasteiger partial charge < -0.3 is 4.74 Å². The van der Waals surface area contributed by atoms with E-state index in [0.29, 0.717) is 6.42 Å². The number of nitrogens with zero attached hydrogens (tertiary/aromatic N) is 5. The van der Waals surface area contributed by atoms with Crippen molar-refractivity contribution in [1.82, 2.24) is 24.7 Å². The van der Waals surface area contributed by atoms with Crippen molar-refractivity contribution in [1.29, 1.82) is 0 Å². The second kappa shape index (κ2) is 8.22. The minimum absolute atomic E-state index is 0.635. The molecule has 6 nitrogen and oxygen atoms in total. The molecule has 0 unspecified atom stereocenters. The third kappa shape index (κ3) is 4.48. The molecule has 0 radical (unpaired) electrons. The molecule has 4 aromatic rings. The fourth-order valence-electron chi connectivity index (χ4n) is 3.34. The summed E-state index contributed by atoms with van der Waals surface area (Å²) in [6.07, 6.45) is 3.12. The minimum Gasteiger partial charge on any atom is -0.494 e. The average Bonchev–Trinajstić information content (AvgIpc) is 3.14. The summed E-state index contributed by atoms with van der Waals surface area (Å²) in [5.74, 6) is 2.27. The quantitative estimate of drug-likeness (QED) is 0.504. The number of methoxy groups -OCH3 is 1. The van der Waals surface area contributed by atoms with E-state index < -0.39 is 0 Å². The maximum Gasteiger partial charge on any atom is 0.147 e. The highest BCUT2D eigenvalue weighted by Crippen LogP contribution is 2.24. The first-order valence-corrected chi connectivity index (χ1v) is 9.53. The Kier molecular flexibility index (Phi) is 5.33. The predicted octanol–water partition coefficient (Wildman–Crippen LogP) is 3.86. The Morgan fingerprint density at radius 2 is 1.72 bits per heavy atom. The molecule has 4 rings (SSSR count). The van der Waals surface area contributed by atoms with E-state index in [1.54, 1.807) is 18.1 Å². The van der Waals surface area contributed by atoms with Gasteiger partial charge in [0, 0.05) is 24.2 Å². The number of hydrogen-bond acceptors (Lipinski definition) is 5. The average molecular weight is 385 g/mol. The number of hydrogen-bond donors (Lipinski definition) is 0. The smallest absolute Gasteiger partial charge is 0.147 e. The molecule has 2 heterocycles. The Labute approximate surface area is 170 Å². The van der Waals surface area contributed by atoms with Crippen LogP contribution in [-0.4, -0.2) is 31.8 Å². The van der Waals surface area contributed by atoms with Crippen LogP contribution in [0.2, 0.25) is 0 Å². The van der Waals surface area contributed by atoms with Crippen LogP contribution in [-0.2, 0) is 12.8 Å². The molecule has 2 aromatic heterocycles. The van der Waals surface area contributed by atoms with Gasteiger partial charge in [-0.3, -0.25) is 0 Å². The maximum absolute atomic E-state index is 5.58. The molecule has 6 heteroatoms. The molecular weight excluding hydrogens is 362 g/mol. The fraction of sp³-hybridized carbons (Fsp3) is 0.217. The zero-order valence-electron chi connectivity index (χ0n) is 16.8. The summed E-state index contributed by atoms with van der Waals surface area (Å²) in [6.45, 7) is 3.87. The lowest BCUT2D eigenvalue weighted by atomic mass is 10.1. The van der Waals surface area contributed by atoms with Crippen LogP contribution in [0.1, 0.15) is 34.2 Å². The van der Waals surface area contributed by atoms with E-state index in [2.05, 4.69) is 45.4 Å². The summed E-state index contributed by atoms with van der Waals surface area (Å²) in [5.41, 5.74) is 5.18. The second-order valence-electron chi connectivity index (χ2n) is 7.00. The van der Waals surface area contributed by atoms with Crippen molar-refractivity contribution in [2.75, 3.05) is 7.11 Å². The molecule has 0 aliphatic heterocycles. The van der Waals surface area contributed by atoms with Crippen molar-refractivity contribution < 1.29 is 4.74 Å². The number of aryl methyl sites for hydroxylation is 2. The molecule has 0 saturated heterocycles. The van der Waals surface area contributed by atoms with Crippen molar-refractivity contribution in [2.24, 2.45) is 0 Å². The first-order valence-electron chi connectivity index (χ1n) is 9.53. The molecule has 0 spiro atoms. The van der Waals surface area contributed by atoms with Crippen molar-refractivity contribution in [2.45, 2.75) is 26.7 Å². The van der Waals surface area contributed by atoms with E-state index in [4.69, 9.17) is 9.72 Å². The van der Waals surface area contributed by atoms with Gasteiger partial charge in [0.25, 0.3) is 0 Å². The summed E-state index contributed by atoms with van der Waals surface area (Å²) >= 11 is 0. The van der Waals surface area contributed by atoms with Gasteiger partial charge in [0.15, 0.2) is 0 Å². The first-order chi connectivity index (χ1) is 14.1. The van der Waals surface area contributed by atoms with Gasteiger partial charge in [-0.15, -0.1) is 0 Å². The summed E-state index contributed by atoms with van der Waals surface area (Å²) in [7, 11) is 1.66. The van der Waals surface area contributed by atoms with Crippen LogP contribution >= 0.6 is 0 Å². The molecule has 0 saturated carbocycles. The Morgan fingerprint density at radius 1 is 0.897 bits per heavy atom. The number of ether oxygens (including phenoxy) is 1. The summed E-state index contributed by atoms with van der Waals surface area (Å²) in [6, 6.07) is 18.5. The molecule has 0 aliphatic rings. The highest BCUT2D eigenvalue weighted by atomic mass is 16.5. The van der Waals surface area contributed by atoms with Gasteiger partial charge in [-0.25, -0.2) is 19.6 Å². The third-order valence-electron chi connectivity index (χ3n) is 4.64. The SMILES string of the molecule is COc1cc(Cc2nc(C)cc(Cc3ccccc3)n2)ccc1-n1cnc(C)n1. The van der Waals surface area contributed by atoms with E-state index in [-0.39, 0.29) is 0 Å². The molecule has 0 atom stereocenters. The minimum atomic E-state index is 0.635. The molecule has 29 heavy (non-hydrogen) atoms. The van der Waals surface area contributed by atoms with Crippen LogP contribution in [0, 0.1) is 13.8 Å². The Bertz CT molecular complexity index is 1120. The van der Waals surface area contributed by atoms with Gasteiger partial charge in [0.05, 0.1) is 7.11 Å². The molecule has 2 aromatic carbocycles. The van der Waals surface area contributed by atoms with Crippen LogP contribution < -0.4 is 4.74 Å². The van der Waals surface area contributed by atoms with Gasteiger partial charge in [0.1, 0.15) is 29.4 Å². The fourth-order valence-corrected chi connectivity index (χ4v) is 3.34. The molecule has 146 valence electrons. The standard InChI is InChI=1S/C23H23N5O/c1-16-11-20(12-18-7-5-4-6-8-18)26-23(25-16)14-19-9-10-21(22(13-19)29-3)28-15-24-17(2)27-28/h4-11,13,15H,12,14H2,1-3H3. The first kappa shape index (κ1) is 18.8. The largest absolute Gasteiger partial charge is 0.494 e. The van der Waals surface area contributed by atoms with Crippen molar-refractivity contribution in [3.63, 3.8) is 0 Å². The Morgan fingerprint density at radius 3 is 2.45 bits per heavy atom. The van der Waals surface area contributed by atoms with Gasteiger partial charge in [-0.05, 0) is 43.2 Å². The highest BCUT2D eigenvalue weighted by Gasteiger charge is 2.11. The molecule has 0 bridgehead atoms.